The highest BCUT2D eigenvalue weighted by atomic mass is 16.6. The van der Waals surface area contributed by atoms with Crippen LogP contribution in [0, 0.1) is 10.1 Å². The van der Waals surface area contributed by atoms with E-state index in [0.29, 0.717) is 19.6 Å². The Balaban J connectivity index is 2.91. The SMILES string of the molecule is COCCCN(C)C(=O)c1cc(N)ncc1[N+](=O)[O-]. The lowest BCUT2D eigenvalue weighted by Gasteiger charge is -2.16. The maximum atomic E-state index is 12.1. The number of methoxy groups -OCH3 is 1. The summed E-state index contributed by atoms with van der Waals surface area (Å²) in [6, 6.07) is 1.22. The van der Waals surface area contributed by atoms with Crippen molar-refractivity contribution in [2.24, 2.45) is 0 Å². The lowest BCUT2D eigenvalue weighted by molar-refractivity contribution is -0.385. The van der Waals surface area contributed by atoms with Crippen molar-refractivity contribution in [1.29, 1.82) is 0 Å². The van der Waals surface area contributed by atoms with Gasteiger partial charge in [0, 0.05) is 27.3 Å². The smallest absolute Gasteiger partial charge is 0.300 e. The Bertz CT molecular complexity index is 478. The average molecular weight is 268 g/mol. The van der Waals surface area contributed by atoms with E-state index in [1.165, 1.54) is 11.0 Å². The average Bonchev–Trinajstić information content (AvgIpc) is 2.37. The topological polar surface area (TPSA) is 112 Å². The van der Waals surface area contributed by atoms with Gasteiger partial charge in [-0.3, -0.25) is 14.9 Å². The van der Waals surface area contributed by atoms with Crippen LogP contribution < -0.4 is 5.73 Å². The van der Waals surface area contributed by atoms with Gasteiger partial charge >= 0.3 is 0 Å². The van der Waals surface area contributed by atoms with Gasteiger partial charge in [-0.1, -0.05) is 0 Å². The number of nitro groups is 1. The second kappa shape index (κ2) is 6.64. The first-order valence-electron chi connectivity index (χ1n) is 5.61. The monoisotopic (exact) mass is 268 g/mol. The molecule has 2 N–H and O–H groups in total. The van der Waals surface area contributed by atoms with Crippen LogP contribution in [0.3, 0.4) is 0 Å². The minimum absolute atomic E-state index is 0.0579. The normalized spacial score (nSPS) is 10.2. The molecule has 0 saturated heterocycles. The zero-order valence-electron chi connectivity index (χ0n) is 10.8. The van der Waals surface area contributed by atoms with Gasteiger partial charge in [-0.2, -0.15) is 0 Å². The molecular formula is C11H16N4O4. The number of hydrogen-bond acceptors (Lipinski definition) is 6. The minimum atomic E-state index is -0.650. The summed E-state index contributed by atoms with van der Waals surface area (Å²) in [5.74, 6) is -0.392. The molecule has 1 rings (SSSR count). The molecule has 0 unspecified atom stereocenters. The van der Waals surface area contributed by atoms with E-state index in [9.17, 15) is 14.9 Å². The molecule has 0 aliphatic heterocycles. The first-order valence-corrected chi connectivity index (χ1v) is 5.61. The van der Waals surface area contributed by atoms with E-state index in [1.807, 2.05) is 0 Å². The van der Waals surface area contributed by atoms with Crippen LogP contribution in [0.15, 0.2) is 12.3 Å². The fourth-order valence-corrected chi connectivity index (χ4v) is 1.53. The van der Waals surface area contributed by atoms with E-state index in [4.69, 9.17) is 10.5 Å². The van der Waals surface area contributed by atoms with Crippen molar-refractivity contribution in [3.63, 3.8) is 0 Å². The highest BCUT2D eigenvalue weighted by molar-refractivity contribution is 5.98. The Morgan fingerprint density at radius 2 is 2.32 bits per heavy atom. The Morgan fingerprint density at radius 1 is 1.63 bits per heavy atom. The van der Waals surface area contributed by atoms with Crippen LogP contribution in [0.4, 0.5) is 11.5 Å². The van der Waals surface area contributed by atoms with Crippen LogP contribution in [0.25, 0.3) is 0 Å². The molecule has 0 radical (unpaired) electrons. The van der Waals surface area contributed by atoms with Gasteiger partial charge in [0.2, 0.25) is 0 Å². The second-order valence-electron chi connectivity index (χ2n) is 3.96. The molecule has 19 heavy (non-hydrogen) atoms. The van der Waals surface area contributed by atoms with Gasteiger partial charge in [-0.05, 0) is 12.5 Å². The zero-order chi connectivity index (χ0) is 14.4. The summed E-state index contributed by atoms with van der Waals surface area (Å²) in [6.07, 6.45) is 1.64. The van der Waals surface area contributed by atoms with Crippen LogP contribution in [0.2, 0.25) is 0 Å². The third-order valence-electron chi connectivity index (χ3n) is 2.52. The van der Waals surface area contributed by atoms with Crippen molar-refractivity contribution in [3.8, 4) is 0 Å². The zero-order valence-corrected chi connectivity index (χ0v) is 10.8. The maximum Gasteiger partial charge on any atom is 0.300 e. The summed E-state index contributed by atoms with van der Waals surface area (Å²) < 4.78 is 4.88. The van der Waals surface area contributed by atoms with Crippen LogP contribution in [0.1, 0.15) is 16.8 Å². The molecule has 1 heterocycles. The fourth-order valence-electron chi connectivity index (χ4n) is 1.53. The molecule has 0 bridgehead atoms. The van der Waals surface area contributed by atoms with E-state index in [2.05, 4.69) is 4.98 Å². The van der Waals surface area contributed by atoms with Gasteiger partial charge in [0.05, 0.1) is 4.92 Å². The highest BCUT2D eigenvalue weighted by Crippen LogP contribution is 2.20. The molecule has 8 nitrogen and oxygen atoms in total. The molecule has 0 aliphatic carbocycles. The Morgan fingerprint density at radius 3 is 2.89 bits per heavy atom. The molecule has 1 aromatic rings. The number of rotatable bonds is 6. The van der Waals surface area contributed by atoms with E-state index >= 15 is 0 Å². The summed E-state index contributed by atoms with van der Waals surface area (Å²) in [5.41, 5.74) is 5.06. The number of carbonyl (C=O) groups is 1. The summed E-state index contributed by atoms with van der Waals surface area (Å²) in [7, 11) is 3.13. The molecule has 0 atom stereocenters. The maximum absolute atomic E-state index is 12.1. The van der Waals surface area contributed by atoms with Crippen molar-refractivity contribution in [3.05, 3.63) is 27.9 Å². The van der Waals surface area contributed by atoms with Crippen molar-refractivity contribution in [2.75, 3.05) is 33.0 Å². The van der Waals surface area contributed by atoms with Crippen LogP contribution in [-0.2, 0) is 4.74 Å². The number of aromatic nitrogens is 1. The van der Waals surface area contributed by atoms with Gasteiger partial charge < -0.3 is 15.4 Å². The first kappa shape index (κ1) is 14.8. The van der Waals surface area contributed by atoms with Crippen molar-refractivity contribution in [1.82, 2.24) is 9.88 Å². The number of pyridine rings is 1. The Kier molecular flexibility index (Phi) is 5.19. The predicted molar refractivity (Wildman–Crippen MR) is 68.8 cm³/mol. The van der Waals surface area contributed by atoms with Gasteiger partial charge in [0.25, 0.3) is 11.6 Å². The summed E-state index contributed by atoms with van der Waals surface area (Å²) in [6.45, 7) is 0.949. The molecule has 1 amide bonds. The summed E-state index contributed by atoms with van der Waals surface area (Å²) >= 11 is 0. The van der Waals surface area contributed by atoms with Gasteiger partial charge in [-0.25, -0.2) is 4.98 Å². The van der Waals surface area contributed by atoms with Crippen LogP contribution >= 0.6 is 0 Å². The van der Waals surface area contributed by atoms with Crippen LogP contribution in [-0.4, -0.2) is 48.0 Å². The van der Waals surface area contributed by atoms with E-state index in [0.717, 1.165) is 6.20 Å². The van der Waals surface area contributed by atoms with Crippen LogP contribution in [0.5, 0.6) is 0 Å². The summed E-state index contributed by atoms with van der Waals surface area (Å²) in [4.78, 5) is 27.3. The predicted octanol–water partition coefficient (Wildman–Crippen LogP) is 0.680. The third-order valence-corrected chi connectivity index (χ3v) is 2.52. The number of carbonyl (C=O) groups excluding carboxylic acids is 1. The number of ether oxygens (including phenoxy) is 1. The number of nitrogens with two attached hydrogens (primary N) is 1. The molecule has 8 heteroatoms. The van der Waals surface area contributed by atoms with Crippen molar-refractivity contribution < 1.29 is 14.5 Å². The third kappa shape index (κ3) is 3.88. The molecule has 0 aliphatic rings. The molecule has 104 valence electrons. The molecule has 1 aromatic heterocycles. The Labute approximate surface area is 110 Å². The fraction of sp³-hybridized carbons (Fsp3) is 0.455. The number of anilines is 1. The number of nitrogens with zero attached hydrogens (tertiary/aromatic N) is 3. The first-order chi connectivity index (χ1) is 8.97. The second-order valence-corrected chi connectivity index (χ2v) is 3.96. The van der Waals surface area contributed by atoms with E-state index in [1.54, 1.807) is 14.2 Å². The standard InChI is InChI=1S/C11H16N4O4/c1-14(4-3-5-19-2)11(16)8-6-10(12)13-7-9(8)15(17)18/h6-7H,3-5H2,1-2H3,(H2,12,13). The number of amides is 1. The van der Waals surface area contributed by atoms with E-state index in [-0.39, 0.29) is 17.1 Å². The van der Waals surface area contributed by atoms with Crippen molar-refractivity contribution >= 4 is 17.4 Å². The molecular weight excluding hydrogens is 252 g/mol. The lowest BCUT2D eigenvalue weighted by Crippen LogP contribution is -2.29. The Hall–Kier alpha value is -2.22. The molecule has 0 spiro atoms. The highest BCUT2D eigenvalue weighted by Gasteiger charge is 2.23. The molecule has 0 saturated carbocycles. The number of nitrogen functional groups attached to an aromatic ring is 1. The van der Waals surface area contributed by atoms with Crippen molar-refractivity contribution in [2.45, 2.75) is 6.42 Å². The lowest BCUT2D eigenvalue weighted by atomic mass is 10.2. The minimum Gasteiger partial charge on any atom is -0.385 e. The quantitative estimate of drug-likeness (QED) is 0.461. The van der Waals surface area contributed by atoms with E-state index < -0.39 is 10.8 Å². The molecule has 0 aromatic carbocycles. The number of hydrogen-bond donors (Lipinski definition) is 1. The van der Waals surface area contributed by atoms with Gasteiger partial charge in [0.15, 0.2) is 0 Å². The molecule has 0 fully saturated rings. The van der Waals surface area contributed by atoms with Gasteiger partial charge in [0.1, 0.15) is 17.6 Å². The largest absolute Gasteiger partial charge is 0.385 e. The summed E-state index contributed by atoms with van der Waals surface area (Å²) in [5, 5.41) is 10.9. The van der Waals surface area contributed by atoms with Gasteiger partial charge in [-0.15, -0.1) is 0 Å².